The van der Waals surface area contributed by atoms with Crippen LogP contribution in [0.2, 0.25) is 0 Å². The minimum absolute atomic E-state index is 0.0825. The maximum absolute atomic E-state index is 12.8. The van der Waals surface area contributed by atoms with Crippen molar-refractivity contribution in [2.75, 3.05) is 0 Å². The van der Waals surface area contributed by atoms with Gasteiger partial charge < -0.3 is 9.47 Å². The average molecular weight is 360 g/mol. The highest BCUT2D eigenvalue weighted by Crippen LogP contribution is 2.54. The van der Waals surface area contributed by atoms with Crippen molar-refractivity contribution in [1.82, 2.24) is 0 Å². The number of esters is 1. The molecule has 144 valence electrons. The topological polar surface area (TPSA) is 55.9 Å². The van der Waals surface area contributed by atoms with Crippen LogP contribution < -0.4 is 0 Å². The van der Waals surface area contributed by atoms with Crippen molar-refractivity contribution in [3.63, 3.8) is 0 Å². The van der Waals surface area contributed by atoms with E-state index < -0.39 is 0 Å². The molecule has 4 heteroatoms. The molecule has 5 unspecified atom stereocenters. The number of allylic oxidation sites excluding steroid dienone is 2. The lowest BCUT2D eigenvalue weighted by atomic mass is 9.71. The van der Waals surface area contributed by atoms with E-state index in [2.05, 4.69) is 20.4 Å². The number of fused-ring (bicyclic) bond motifs is 2. The van der Waals surface area contributed by atoms with Gasteiger partial charge in [0.05, 0.1) is 11.7 Å². The molecule has 3 aliphatic rings. The number of hydrogen-bond acceptors (Lipinski definition) is 4. The molecule has 2 saturated carbocycles. The van der Waals surface area contributed by atoms with Crippen molar-refractivity contribution in [3.05, 3.63) is 23.3 Å². The van der Waals surface area contributed by atoms with Gasteiger partial charge in [-0.3, -0.25) is 9.59 Å². The van der Waals surface area contributed by atoms with Crippen LogP contribution in [0.1, 0.15) is 73.1 Å². The van der Waals surface area contributed by atoms with E-state index in [-0.39, 0.29) is 40.9 Å². The predicted octanol–water partition coefficient (Wildman–Crippen LogP) is 4.53. The Morgan fingerprint density at radius 1 is 1.23 bits per heavy atom. The molecule has 0 aromatic heterocycles. The highest BCUT2D eigenvalue weighted by atomic mass is 16.6. The molecule has 0 amide bonds. The fourth-order valence-corrected chi connectivity index (χ4v) is 5.14. The van der Waals surface area contributed by atoms with Gasteiger partial charge in [-0.15, -0.1) is 0 Å². The number of Topliss-reactive ketones (excluding diaryl/α,β-unsaturated/α-hetero) is 1. The first-order chi connectivity index (χ1) is 12.1. The Bertz CT molecular complexity index is 672. The fourth-order valence-electron chi connectivity index (χ4n) is 5.14. The summed E-state index contributed by atoms with van der Waals surface area (Å²) in [6, 6.07) is 0. The van der Waals surface area contributed by atoms with E-state index in [1.165, 1.54) is 6.92 Å². The number of hydrogen-bond donors (Lipinski definition) is 0. The molecular weight excluding hydrogens is 328 g/mol. The summed E-state index contributed by atoms with van der Waals surface area (Å²) < 4.78 is 11.6. The van der Waals surface area contributed by atoms with Crippen LogP contribution in [0.5, 0.6) is 0 Å². The number of epoxide rings is 1. The summed E-state index contributed by atoms with van der Waals surface area (Å²) in [6.07, 6.45) is 4.72. The van der Waals surface area contributed by atoms with Gasteiger partial charge in [0.15, 0.2) is 5.78 Å². The molecule has 1 heterocycles. The third-order valence-electron chi connectivity index (χ3n) is 6.70. The lowest BCUT2D eigenvalue weighted by Gasteiger charge is -2.35. The summed E-state index contributed by atoms with van der Waals surface area (Å²) in [6.45, 7) is 14.1. The van der Waals surface area contributed by atoms with Crippen LogP contribution in [0, 0.1) is 11.3 Å². The molecule has 0 aromatic rings. The summed E-state index contributed by atoms with van der Waals surface area (Å²) >= 11 is 0. The van der Waals surface area contributed by atoms with Crippen LogP contribution in [0.4, 0.5) is 0 Å². The van der Waals surface area contributed by atoms with Crippen molar-refractivity contribution in [3.8, 4) is 0 Å². The van der Waals surface area contributed by atoms with Crippen LogP contribution in [0.25, 0.3) is 0 Å². The summed E-state index contributed by atoms with van der Waals surface area (Å²) in [5, 5.41) is 0. The Labute approximate surface area is 157 Å². The number of carbonyl (C=O) groups excluding carboxylic acids is 2. The van der Waals surface area contributed by atoms with Gasteiger partial charge in [-0.25, -0.2) is 0 Å². The second kappa shape index (κ2) is 6.63. The highest BCUT2D eigenvalue weighted by molar-refractivity contribution is 5.99. The molecule has 1 saturated heterocycles. The van der Waals surface area contributed by atoms with Gasteiger partial charge in [0.1, 0.15) is 6.10 Å². The summed E-state index contributed by atoms with van der Waals surface area (Å²) in [7, 11) is 0. The van der Waals surface area contributed by atoms with E-state index >= 15 is 0 Å². The molecular formula is C22H32O4. The maximum Gasteiger partial charge on any atom is 0.303 e. The molecule has 2 aliphatic carbocycles. The third-order valence-corrected chi connectivity index (χ3v) is 6.70. The van der Waals surface area contributed by atoms with Gasteiger partial charge >= 0.3 is 5.97 Å². The van der Waals surface area contributed by atoms with Crippen molar-refractivity contribution in [2.45, 2.75) is 91.0 Å². The van der Waals surface area contributed by atoms with Crippen molar-refractivity contribution < 1.29 is 19.1 Å². The lowest BCUT2D eigenvalue weighted by molar-refractivity contribution is -0.146. The van der Waals surface area contributed by atoms with Crippen molar-refractivity contribution in [2.24, 2.45) is 11.3 Å². The van der Waals surface area contributed by atoms with Gasteiger partial charge in [0.25, 0.3) is 0 Å². The zero-order valence-corrected chi connectivity index (χ0v) is 16.8. The number of rotatable bonds is 1. The highest BCUT2D eigenvalue weighted by Gasteiger charge is 2.55. The molecule has 1 aliphatic heterocycles. The van der Waals surface area contributed by atoms with Crippen LogP contribution in [-0.2, 0) is 19.1 Å². The second-order valence-electron chi connectivity index (χ2n) is 9.18. The van der Waals surface area contributed by atoms with E-state index in [0.29, 0.717) is 12.8 Å². The largest absolute Gasteiger partial charge is 0.458 e. The zero-order valence-electron chi connectivity index (χ0n) is 16.8. The monoisotopic (exact) mass is 360 g/mol. The van der Waals surface area contributed by atoms with Crippen LogP contribution in [0.15, 0.2) is 23.3 Å². The molecule has 4 nitrogen and oxygen atoms in total. The standard InChI is InChI=1S/C22H32O4/c1-13(2)20-16-9-10-22(6)19(26-22)8-7-14(3)18(25-15(4)23)12-21(16,5)11-17(20)24/h16,18-19H,3,7-12H2,1-2,4-6H3. The van der Waals surface area contributed by atoms with Gasteiger partial charge in [-0.2, -0.15) is 0 Å². The Kier molecular flexibility index (Phi) is 4.93. The SMILES string of the molecule is C=C1CCC2OC2(C)CCC2C(=C(C)C)C(=O)CC2(C)CC1OC(C)=O. The van der Waals surface area contributed by atoms with E-state index in [4.69, 9.17) is 9.47 Å². The Morgan fingerprint density at radius 3 is 2.54 bits per heavy atom. The summed E-state index contributed by atoms with van der Waals surface area (Å²) in [5.74, 6) is 0.149. The average Bonchev–Trinajstić information content (AvgIpc) is 3.08. The Morgan fingerprint density at radius 2 is 1.92 bits per heavy atom. The van der Waals surface area contributed by atoms with Crippen LogP contribution >= 0.6 is 0 Å². The molecule has 0 N–H and O–H groups in total. The van der Waals surface area contributed by atoms with Gasteiger partial charge in [-0.05, 0) is 75.4 Å². The molecule has 26 heavy (non-hydrogen) atoms. The Balaban J connectivity index is 1.97. The van der Waals surface area contributed by atoms with E-state index in [1.54, 1.807) is 0 Å². The Hall–Kier alpha value is -1.42. The predicted molar refractivity (Wildman–Crippen MR) is 101 cm³/mol. The number of carbonyl (C=O) groups is 2. The molecule has 5 atom stereocenters. The molecule has 3 rings (SSSR count). The van der Waals surface area contributed by atoms with E-state index in [1.807, 2.05) is 13.8 Å². The van der Waals surface area contributed by atoms with Gasteiger partial charge in [0, 0.05) is 13.3 Å². The first-order valence-electron chi connectivity index (χ1n) is 9.79. The normalized spacial score (nSPS) is 40.3. The molecule has 0 radical (unpaired) electrons. The van der Waals surface area contributed by atoms with Gasteiger partial charge in [-0.1, -0.05) is 19.1 Å². The van der Waals surface area contributed by atoms with Gasteiger partial charge in [0.2, 0.25) is 0 Å². The molecule has 0 spiro atoms. The smallest absolute Gasteiger partial charge is 0.303 e. The lowest BCUT2D eigenvalue weighted by Crippen LogP contribution is -2.32. The maximum atomic E-state index is 12.8. The van der Waals surface area contributed by atoms with Crippen molar-refractivity contribution >= 4 is 11.8 Å². The summed E-state index contributed by atoms with van der Waals surface area (Å²) in [4.78, 5) is 24.5. The first kappa shape index (κ1) is 19.3. The number of ether oxygens (including phenoxy) is 2. The minimum Gasteiger partial charge on any atom is -0.458 e. The molecule has 3 fully saturated rings. The van der Waals surface area contributed by atoms with Crippen LogP contribution in [-0.4, -0.2) is 29.6 Å². The van der Waals surface area contributed by atoms with Crippen LogP contribution in [0.3, 0.4) is 0 Å². The van der Waals surface area contributed by atoms with Crippen molar-refractivity contribution in [1.29, 1.82) is 0 Å². The fraction of sp³-hybridized carbons (Fsp3) is 0.727. The van der Waals surface area contributed by atoms with E-state index in [0.717, 1.165) is 42.4 Å². The summed E-state index contributed by atoms with van der Waals surface area (Å²) in [5.41, 5.74) is 2.75. The second-order valence-corrected chi connectivity index (χ2v) is 9.18. The zero-order chi connectivity index (χ0) is 19.3. The molecule has 0 bridgehead atoms. The first-order valence-corrected chi connectivity index (χ1v) is 9.79. The third kappa shape index (κ3) is 3.53. The minimum atomic E-state index is -0.326. The quantitative estimate of drug-likeness (QED) is 0.298. The number of ketones is 1. The molecule has 0 aromatic carbocycles. The van der Waals surface area contributed by atoms with E-state index in [9.17, 15) is 9.59 Å².